The molecule has 0 bridgehead atoms. The molecule has 0 aromatic heterocycles. The smallest absolute Gasteiger partial charge is 0.335 e. The van der Waals surface area contributed by atoms with Crippen LogP contribution < -0.4 is 5.32 Å². The molecular formula is C14H10ClNO5. The van der Waals surface area contributed by atoms with Crippen LogP contribution in [0.4, 0.5) is 5.69 Å². The first-order valence-electron chi connectivity index (χ1n) is 5.74. The molecule has 2 rings (SSSR count). The lowest BCUT2D eigenvalue weighted by Gasteiger charge is -2.09. The summed E-state index contributed by atoms with van der Waals surface area (Å²) in [4.78, 5) is 22.9. The van der Waals surface area contributed by atoms with E-state index < -0.39 is 17.6 Å². The van der Waals surface area contributed by atoms with Gasteiger partial charge in [0.05, 0.1) is 21.8 Å². The van der Waals surface area contributed by atoms with Crippen molar-refractivity contribution in [2.45, 2.75) is 0 Å². The van der Waals surface area contributed by atoms with Crippen LogP contribution in [0.3, 0.4) is 0 Å². The molecule has 108 valence electrons. The first-order chi connectivity index (χ1) is 9.88. The van der Waals surface area contributed by atoms with Gasteiger partial charge in [-0.05, 0) is 30.3 Å². The van der Waals surface area contributed by atoms with Gasteiger partial charge in [0.2, 0.25) is 0 Å². The molecule has 0 radical (unpaired) electrons. The maximum Gasteiger partial charge on any atom is 0.335 e. The second-order valence-electron chi connectivity index (χ2n) is 4.16. The molecular weight excluding hydrogens is 298 g/mol. The van der Waals surface area contributed by atoms with Gasteiger partial charge in [0, 0.05) is 6.07 Å². The van der Waals surface area contributed by atoms with Gasteiger partial charge in [0.25, 0.3) is 5.91 Å². The number of aromatic carboxylic acids is 1. The highest BCUT2D eigenvalue weighted by Gasteiger charge is 2.14. The third-order valence-corrected chi connectivity index (χ3v) is 3.02. The maximum atomic E-state index is 12.0. The molecule has 1 amide bonds. The Hall–Kier alpha value is -2.73. The number of phenolic OH excluding ortho intramolecular Hbond substituents is 2. The molecule has 4 N–H and O–H groups in total. The van der Waals surface area contributed by atoms with Crippen molar-refractivity contribution in [2.75, 3.05) is 5.32 Å². The average Bonchev–Trinajstić information content (AvgIpc) is 2.40. The minimum absolute atomic E-state index is 0.0374. The summed E-state index contributed by atoms with van der Waals surface area (Å²) < 4.78 is 0. The van der Waals surface area contributed by atoms with Gasteiger partial charge >= 0.3 is 5.97 Å². The highest BCUT2D eigenvalue weighted by Crippen LogP contribution is 2.27. The number of rotatable bonds is 3. The van der Waals surface area contributed by atoms with E-state index in [0.29, 0.717) is 0 Å². The normalized spacial score (nSPS) is 10.1. The summed E-state index contributed by atoms with van der Waals surface area (Å²) in [7, 11) is 0. The van der Waals surface area contributed by atoms with E-state index in [0.717, 1.165) is 6.07 Å². The largest absolute Gasteiger partial charge is 0.508 e. The van der Waals surface area contributed by atoms with E-state index in [1.165, 1.54) is 30.3 Å². The average molecular weight is 308 g/mol. The summed E-state index contributed by atoms with van der Waals surface area (Å²) in [6, 6.07) is 7.35. The Morgan fingerprint density at radius 2 is 1.76 bits per heavy atom. The zero-order chi connectivity index (χ0) is 15.6. The lowest BCUT2D eigenvalue weighted by Crippen LogP contribution is -2.13. The summed E-state index contributed by atoms with van der Waals surface area (Å²) >= 11 is 5.89. The first-order valence-corrected chi connectivity index (χ1v) is 6.12. The fourth-order valence-electron chi connectivity index (χ4n) is 1.66. The minimum atomic E-state index is -1.16. The molecule has 0 fully saturated rings. The Labute approximate surface area is 124 Å². The van der Waals surface area contributed by atoms with Gasteiger partial charge in [0.1, 0.15) is 11.5 Å². The number of halogens is 1. The van der Waals surface area contributed by atoms with Crippen molar-refractivity contribution in [3.8, 4) is 11.5 Å². The van der Waals surface area contributed by atoms with Crippen LogP contribution in [0.25, 0.3) is 0 Å². The Morgan fingerprint density at radius 3 is 2.38 bits per heavy atom. The van der Waals surface area contributed by atoms with E-state index in [2.05, 4.69) is 5.32 Å². The van der Waals surface area contributed by atoms with E-state index in [1.54, 1.807) is 0 Å². The fourth-order valence-corrected chi connectivity index (χ4v) is 1.82. The molecule has 0 aliphatic rings. The molecule has 0 aliphatic carbocycles. The molecule has 0 atom stereocenters. The van der Waals surface area contributed by atoms with Gasteiger partial charge in [-0.1, -0.05) is 11.6 Å². The molecule has 2 aromatic carbocycles. The highest BCUT2D eigenvalue weighted by molar-refractivity contribution is 6.34. The van der Waals surface area contributed by atoms with Gasteiger partial charge in [-0.2, -0.15) is 0 Å². The Morgan fingerprint density at radius 1 is 1.05 bits per heavy atom. The molecule has 0 aliphatic heterocycles. The molecule has 7 heteroatoms. The summed E-state index contributed by atoms with van der Waals surface area (Å²) in [6.07, 6.45) is 0. The van der Waals surface area contributed by atoms with Crippen LogP contribution in [0.15, 0.2) is 36.4 Å². The van der Waals surface area contributed by atoms with E-state index in [4.69, 9.17) is 16.7 Å². The van der Waals surface area contributed by atoms with E-state index in [9.17, 15) is 19.8 Å². The van der Waals surface area contributed by atoms with Gasteiger partial charge in [-0.15, -0.1) is 0 Å². The second-order valence-corrected chi connectivity index (χ2v) is 4.56. The summed E-state index contributed by atoms with van der Waals surface area (Å²) in [5.41, 5.74) is -0.0109. The standard InChI is InChI=1S/C14H10ClNO5/c15-10-4-1-7(14(20)21)5-11(10)16-13(19)9-3-2-8(17)6-12(9)18/h1-6,17-18H,(H,16,19)(H,20,21). The highest BCUT2D eigenvalue weighted by atomic mass is 35.5. The SMILES string of the molecule is O=C(O)c1ccc(Cl)c(NC(=O)c2ccc(O)cc2O)c1. The number of carbonyl (C=O) groups is 2. The Kier molecular flexibility index (Phi) is 4.00. The second kappa shape index (κ2) is 5.72. The number of hydrogen-bond donors (Lipinski definition) is 4. The van der Waals surface area contributed by atoms with Crippen molar-refractivity contribution < 1.29 is 24.9 Å². The van der Waals surface area contributed by atoms with E-state index in [1.807, 2.05) is 0 Å². The zero-order valence-electron chi connectivity index (χ0n) is 10.5. The van der Waals surface area contributed by atoms with Crippen LogP contribution in [0, 0.1) is 0 Å². The number of phenols is 2. The Bertz CT molecular complexity index is 729. The van der Waals surface area contributed by atoms with Gasteiger partial charge in [-0.25, -0.2) is 4.79 Å². The topological polar surface area (TPSA) is 107 Å². The predicted molar refractivity (Wildman–Crippen MR) is 76.1 cm³/mol. The van der Waals surface area contributed by atoms with Crippen molar-refractivity contribution in [3.05, 3.63) is 52.5 Å². The number of carbonyl (C=O) groups excluding carboxylic acids is 1. The van der Waals surface area contributed by atoms with Crippen LogP contribution in [-0.4, -0.2) is 27.2 Å². The van der Waals surface area contributed by atoms with E-state index >= 15 is 0 Å². The lowest BCUT2D eigenvalue weighted by atomic mass is 10.1. The molecule has 6 nitrogen and oxygen atoms in total. The van der Waals surface area contributed by atoms with Crippen LogP contribution in [0.1, 0.15) is 20.7 Å². The summed E-state index contributed by atoms with van der Waals surface area (Å²) in [6.45, 7) is 0. The number of hydrogen-bond acceptors (Lipinski definition) is 4. The van der Waals surface area contributed by atoms with Crippen molar-refractivity contribution >= 4 is 29.2 Å². The van der Waals surface area contributed by atoms with E-state index in [-0.39, 0.29) is 27.6 Å². The number of anilines is 1. The predicted octanol–water partition coefficient (Wildman–Crippen LogP) is 2.70. The van der Waals surface area contributed by atoms with Gasteiger partial charge in [0.15, 0.2) is 0 Å². The molecule has 0 spiro atoms. The maximum absolute atomic E-state index is 12.0. The number of benzene rings is 2. The van der Waals surface area contributed by atoms with Crippen LogP contribution >= 0.6 is 11.6 Å². The van der Waals surface area contributed by atoms with Crippen molar-refractivity contribution in [3.63, 3.8) is 0 Å². The monoisotopic (exact) mass is 307 g/mol. The Balaban J connectivity index is 2.31. The van der Waals surface area contributed by atoms with Gasteiger partial charge < -0.3 is 20.6 Å². The van der Waals surface area contributed by atoms with Crippen LogP contribution in [0.5, 0.6) is 11.5 Å². The number of carboxylic acids is 1. The van der Waals surface area contributed by atoms with Gasteiger partial charge in [-0.3, -0.25) is 4.79 Å². The molecule has 0 saturated carbocycles. The van der Waals surface area contributed by atoms with Crippen LogP contribution in [-0.2, 0) is 0 Å². The van der Waals surface area contributed by atoms with Crippen molar-refractivity contribution in [1.82, 2.24) is 0 Å². The third-order valence-electron chi connectivity index (χ3n) is 2.69. The molecule has 0 saturated heterocycles. The number of carboxylic acid groups (broad SMARTS) is 1. The summed E-state index contributed by atoms with van der Waals surface area (Å²) in [5.74, 6) is -2.43. The molecule has 0 heterocycles. The quantitative estimate of drug-likeness (QED) is 0.697. The first kappa shape index (κ1) is 14.7. The van der Waals surface area contributed by atoms with Crippen LogP contribution in [0.2, 0.25) is 5.02 Å². The molecule has 21 heavy (non-hydrogen) atoms. The molecule has 0 unspecified atom stereocenters. The number of aromatic hydroxyl groups is 2. The van der Waals surface area contributed by atoms with Crippen molar-refractivity contribution in [1.29, 1.82) is 0 Å². The fraction of sp³-hybridized carbons (Fsp3) is 0. The minimum Gasteiger partial charge on any atom is -0.508 e. The number of amides is 1. The van der Waals surface area contributed by atoms with Crippen molar-refractivity contribution in [2.24, 2.45) is 0 Å². The third kappa shape index (κ3) is 3.24. The summed E-state index contributed by atoms with van der Waals surface area (Å²) in [5, 5.41) is 30.2. The lowest BCUT2D eigenvalue weighted by molar-refractivity contribution is 0.0696. The zero-order valence-corrected chi connectivity index (χ0v) is 11.3. The number of nitrogens with one attached hydrogen (secondary N) is 1. The molecule has 2 aromatic rings.